The number of ether oxygens (including phenoxy) is 1. The molecule has 0 aliphatic heterocycles. The number of nitrogens with zero attached hydrogens (tertiary/aromatic N) is 1. The zero-order valence-electron chi connectivity index (χ0n) is 20.2. The molecule has 0 bridgehead atoms. The number of anilines is 1. The quantitative estimate of drug-likeness (QED) is 0.181. The van der Waals surface area contributed by atoms with Gasteiger partial charge in [0.2, 0.25) is 0 Å². The Bertz CT molecular complexity index is 1400. The average molecular weight is 626 g/mol. The van der Waals surface area contributed by atoms with E-state index >= 15 is 0 Å². The Labute approximate surface area is 234 Å². The van der Waals surface area contributed by atoms with Crippen molar-refractivity contribution in [1.82, 2.24) is 10.7 Å². The van der Waals surface area contributed by atoms with Crippen LogP contribution in [-0.4, -0.2) is 30.5 Å². The molecular weight excluding hydrogens is 605 g/mol. The maximum atomic E-state index is 13.3. The number of hydrogen-bond donors (Lipinski definition) is 3. The highest BCUT2D eigenvalue weighted by Gasteiger charge is 2.34. The van der Waals surface area contributed by atoms with Crippen molar-refractivity contribution in [1.29, 1.82) is 0 Å². The van der Waals surface area contributed by atoms with Crippen LogP contribution in [-0.2, 0) is 27.1 Å². The second-order valence-corrected chi connectivity index (χ2v) is 9.43. The number of aryl methyl sites for hydroxylation is 1. The van der Waals surface area contributed by atoms with Crippen LogP contribution in [0, 0.1) is 6.92 Å². The first kappa shape index (κ1) is 29.7. The predicted octanol–water partition coefficient (Wildman–Crippen LogP) is 5.21. The van der Waals surface area contributed by atoms with E-state index in [1.54, 1.807) is 0 Å². The van der Waals surface area contributed by atoms with Crippen molar-refractivity contribution >= 4 is 57.2 Å². The summed E-state index contributed by atoms with van der Waals surface area (Å²) in [4.78, 5) is 36.4. The van der Waals surface area contributed by atoms with Gasteiger partial charge in [-0.1, -0.05) is 57.4 Å². The minimum Gasteiger partial charge on any atom is -0.483 e. The van der Waals surface area contributed by atoms with Gasteiger partial charge >= 0.3 is 18.0 Å². The number of amides is 3. The van der Waals surface area contributed by atoms with Crippen LogP contribution < -0.4 is 20.8 Å². The predicted molar refractivity (Wildman–Crippen MR) is 143 cm³/mol. The van der Waals surface area contributed by atoms with E-state index in [0.717, 1.165) is 29.5 Å². The standard InChI is InChI=1S/C26H21BrClF3N4O4/c1-15-2-4-16(5-3-15)12-32-24(37)25(38)35-33-13-17-10-19(28)7-9-22(17)39-14-23(36)34-21-8-6-18(27)11-20(21)26(29,30)31/h2-11,13H,12,14H2,1H3,(H,32,37)(H,34,36)(H,35,38)/b33-13-. The molecule has 0 fully saturated rings. The van der Waals surface area contributed by atoms with E-state index in [0.29, 0.717) is 0 Å². The molecular formula is C26H21BrClF3N4O4. The second kappa shape index (κ2) is 13.3. The van der Waals surface area contributed by atoms with E-state index < -0.39 is 41.8 Å². The largest absolute Gasteiger partial charge is 0.483 e. The van der Waals surface area contributed by atoms with Crippen molar-refractivity contribution < 1.29 is 32.3 Å². The van der Waals surface area contributed by atoms with Crippen molar-refractivity contribution in [3.05, 3.63) is 92.4 Å². The molecule has 0 saturated carbocycles. The van der Waals surface area contributed by atoms with Crippen molar-refractivity contribution in [2.45, 2.75) is 19.6 Å². The fourth-order valence-corrected chi connectivity index (χ4v) is 3.66. The Kier molecular flexibility index (Phi) is 10.1. The summed E-state index contributed by atoms with van der Waals surface area (Å²) in [7, 11) is 0. The SMILES string of the molecule is Cc1ccc(CNC(=O)C(=O)N/N=C\c2cc(Cl)ccc2OCC(=O)Nc2ccc(Br)cc2C(F)(F)F)cc1. The Morgan fingerprint density at radius 1 is 1.03 bits per heavy atom. The number of rotatable bonds is 8. The lowest BCUT2D eigenvalue weighted by molar-refractivity contribution is -0.139. The highest BCUT2D eigenvalue weighted by Crippen LogP contribution is 2.36. The Morgan fingerprint density at radius 3 is 2.44 bits per heavy atom. The number of hydrazone groups is 1. The number of benzene rings is 3. The van der Waals surface area contributed by atoms with Gasteiger partial charge in [0.15, 0.2) is 6.61 Å². The molecule has 3 aromatic carbocycles. The van der Waals surface area contributed by atoms with Gasteiger partial charge in [0.05, 0.1) is 17.5 Å². The summed E-state index contributed by atoms with van der Waals surface area (Å²) in [6, 6.07) is 15.0. The van der Waals surface area contributed by atoms with Crippen LogP contribution in [0.25, 0.3) is 0 Å². The van der Waals surface area contributed by atoms with E-state index in [1.807, 2.05) is 31.2 Å². The zero-order chi connectivity index (χ0) is 28.6. The summed E-state index contributed by atoms with van der Waals surface area (Å²) in [6.45, 7) is 1.44. The summed E-state index contributed by atoms with van der Waals surface area (Å²) < 4.78 is 45.5. The van der Waals surface area contributed by atoms with E-state index in [2.05, 4.69) is 37.1 Å². The molecule has 3 rings (SSSR count). The Hall–Kier alpha value is -3.90. The lowest BCUT2D eigenvalue weighted by Gasteiger charge is -2.15. The molecule has 0 atom stereocenters. The minimum absolute atomic E-state index is 0.100. The minimum atomic E-state index is -4.69. The number of alkyl halides is 3. The van der Waals surface area contributed by atoms with Gasteiger partial charge in [-0.05, 0) is 48.9 Å². The number of halogens is 5. The first-order valence-electron chi connectivity index (χ1n) is 11.2. The van der Waals surface area contributed by atoms with Crippen molar-refractivity contribution in [3.8, 4) is 5.75 Å². The van der Waals surface area contributed by atoms with Crippen LogP contribution in [0.1, 0.15) is 22.3 Å². The summed E-state index contributed by atoms with van der Waals surface area (Å²) in [5, 5.41) is 8.64. The van der Waals surface area contributed by atoms with Crippen LogP contribution >= 0.6 is 27.5 Å². The van der Waals surface area contributed by atoms with Gasteiger partial charge < -0.3 is 15.4 Å². The van der Waals surface area contributed by atoms with Gasteiger partial charge in [0, 0.05) is 21.6 Å². The molecule has 3 N–H and O–H groups in total. The lowest BCUT2D eigenvalue weighted by Crippen LogP contribution is -2.37. The molecule has 0 aliphatic carbocycles. The molecule has 0 spiro atoms. The van der Waals surface area contributed by atoms with Gasteiger partial charge in [-0.2, -0.15) is 18.3 Å². The van der Waals surface area contributed by atoms with Gasteiger partial charge in [-0.25, -0.2) is 5.43 Å². The summed E-state index contributed by atoms with van der Waals surface area (Å²) in [5.74, 6) is -2.67. The first-order chi connectivity index (χ1) is 18.4. The molecule has 0 heterocycles. The van der Waals surface area contributed by atoms with E-state index in [1.165, 1.54) is 24.3 Å². The molecule has 8 nitrogen and oxygen atoms in total. The molecule has 3 amide bonds. The molecule has 39 heavy (non-hydrogen) atoms. The summed E-state index contributed by atoms with van der Waals surface area (Å²) in [5.41, 5.74) is 2.72. The highest BCUT2D eigenvalue weighted by molar-refractivity contribution is 9.10. The fraction of sp³-hybridized carbons (Fsp3) is 0.154. The Morgan fingerprint density at radius 2 is 1.74 bits per heavy atom. The summed E-state index contributed by atoms with van der Waals surface area (Å²) >= 11 is 8.98. The van der Waals surface area contributed by atoms with Gasteiger partial charge in [-0.3, -0.25) is 14.4 Å². The maximum Gasteiger partial charge on any atom is 0.418 e. The molecule has 0 radical (unpaired) electrons. The van der Waals surface area contributed by atoms with Gasteiger partial charge in [0.1, 0.15) is 5.75 Å². The summed E-state index contributed by atoms with van der Waals surface area (Å²) in [6.07, 6.45) is -3.55. The molecule has 13 heteroatoms. The van der Waals surface area contributed by atoms with E-state index in [9.17, 15) is 27.6 Å². The highest BCUT2D eigenvalue weighted by atomic mass is 79.9. The lowest BCUT2D eigenvalue weighted by atomic mass is 10.1. The van der Waals surface area contributed by atoms with Crippen LogP contribution in [0.4, 0.5) is 18.9 Å². The number of hydrogen-bond acceptors (Lipinski definition) is 5. The number of carbonyl (C=O) groups is 3. The van der Waals surface area contributed by atoms with Crippen LogP contribution in [0.3, 0.4) is 0 Å². The fourth-order valence-electron chi connectivity index (χ4n) is 3.12. The molecule has 0 saturated heterocycles. The normalized spacial score (nSPS) is 11.2. The van der Waals surface area contributed by atoms with Crippen LogP contribution in [0.5, 0.6) is 5.75 Å². The number of carbonyl (C=O) groups excluding carboxylic acids is 3. The Balaban J connectivity index is 1.58. The third-order valence-corrected chi connectivity index (χ3v) is 5.77. The third kappa shape index (κ3) is 9.11. The van der Waals surface area contributed by atoms with E-state index in [4.69, 9.17) is 16.3 Å². The molecule has 0 unspecified atom stereocenters. The van der Waals surface area contributed by atoms with Crippen molar-refractivity contribution in [3.63, 3.8) is 0 Å². The van der Waals surface area contributed by atoms with Crippen molar-refractivity contribution in [2.24, 2.45) is 5.10 Å². The van der Waals surface area contributed by atoms with Crippen LogP contribution in [0.2, 0.25) is 5.02 Å². The number of nitrogens with one attached hydrogen (secondary N) is 3. The molecule has 3 aromatic rings. The smallest absolute Gasteiger partial charge is 0.418 e. The topological polar surface area (TPSA) is 109 Å². The van der Waals surface area contributed by atoms with Gasteiger partial charge in [0.25, 0.3) is 5.91 Å². The average Bonchev–Trinajstić information content (AvgIpc) is 2.88. The van der Waals surface area contributed by atoms with Crippen LogP contribution in [0.15, 0.2) is 70.2 Å². The zero-order valence-corrected chi connectivity index (χ0v) is 22.6. The molecule has 204 valence electrons. The van der Waals surface area contributed by atoms with E-state index in [-0.39, 0.29) is 27.4 Å². The van der Waals surface area contributed by atoms with Gasteiger partial charge in [-0.15, -0.1) is 0 Å². The molecule has 0 aromatic heterocycles. The monoisotopic (exact) mass is 624 g/mol. The maximum absolute atomic E-state index is 13.3. The first-order valence-corrected chi connectivity index (χ1v) is 12.3. The molecule has 0 aliphatic rings. The van der Waals surface area contributed by atoms with Crippen molar-refractivity contribution in [2.75, 3.05) is 11.9 Å². The second-order valence-electron chi connectivity index (χ2n) is 8.07. The third-order valence-electron chi connectivity index (χ3n) is 5.04.